The van der Waals surface area contributed by atoms with Gasteiger partial charge in [0.25, 0.3) is 5.91 Å². The number of hydrogen-bond acceptors (Lipinski definition) is 4. The van der Waals surface area contributed by atoms with Crippen molar-refractivity contribution < 1.29 is 4.79 Å². The summed E-state index contributed by atoms with van der Waals surface area (Å²) >= 11 is 0. The summed E-state index contributed by atoms with van der Waals surface area (Å²) in [4.78, 5) is 11.9. The van der Waals surface area contributed by atoms with Gasteiger partial charge in [-0.15, -0.1) is 0 Å². The van der Waals surface area contributed by atoms with Crippen LogP contribution >= 0.6 is 0 Å². The molecule has 16 heavy (non-hydrogen) atoms. The van der Waals surface area contributed by atoms with Gasteiger partial charge < -0.3 is 5.73 Å². The van der Waals surface area contributed by atoms with Gasteiger partial charge in [-0.25, -0.2) is 0 Å². The SMILES string of the molecule is CC1=NN(c2ccccc2)C(=O)[C@@]1(N)C#N. The number of nitriles is 1. The summed E-state index contributed by atoms with van der Waals surface area (Å²) in [6.07, 6.45) is 0. The van der Waals surface area contributed by atoms with Crippen molar-refractivity contribution in [2.45, 2.75) is 12.5 Å². The lowest BCUT2D eigenvalue weighted by atomic mass is 9.98. The minimum absolute atomic E-state index is 0.309. The Balaban J connectivity index is 2.44. The number of anilines is 1. The Morgan fingerprint density at radius 3 is 2.56 bits per heavy atom. The van der Waals surface area contributed by atoms with Crippen LogP contribution in [0.5, 0.6) is 0 Å². The quantitative estimate of drug-likeness (QED) is 0.744. The van der Waals surface area contributed by atoms with Gasteiger partial charge in [0.2, 0.25) is 5.54 Å². The zero-order valence-corrected chi connectivity index (χ0v) is 8.71. The van der Waals surface area contributed by atoms with Crippen LogP contribution in [0.2, 0.25) is 0 Å². The Morgan fingerprint density at radius 2 is 2.06 bits per heavy atom. The van der Waals surface area contributed by atoms with Crippen LogP contribution in [0, 0.1) is 11.3 Å². The number of rotatable bonds is 1. The number of nitrogens with zero attached hydrogens (tertiary/aromatic N) is 3. The smallest absolute Gasteiger partial charge is 0.288 e. The fraction of sp³-hybridized carbons (Fsp3) is 0.182. The van der Waals surface area contributed by atoms with E-state index in [0.29, 0.717) is 11.4 Å². The highest BCUT2D eigenvalue weighted by Gasteiger charge is 2.47. The Labute approximate surface area is 92.8 Å². The van der Waals surface area contributed by atoms with Gasteiger partial charge in [-0.1, -0.05) is 18.2 Å². The maximum atomic E-state index is 11.9. The molecule has 0 unspecified atom stereocenters. The van der Waals surface area contributed by atoms with Crippen molar-refractivity contribution in [3.63, 3.8) is 0 Å². The topological polar surface area (TPSA) is 82.5 Å². The van der Waals surface area contributed by atoms with Gasteiger partial charge in [0, 0.05) is 0 Å². The van der Waals surface area contributed by atoms with Crippen molar-refractivity contribution in [3.05, 3.63) is 30.3 Å². The van der Waals surface area contributed by atoms with Gasteiger partial charge in [0.15, 0.2) is 0 Å². The zero-order chi connectivity index (χ0) is 11.8. The third kappa shape index (κ3) is 1.28. The molecule has 1 aliphatic rings. The van der Waals surface area contributed by atoms with E-state index in [9.17, 15) is 4.79 Å². The second-order valence-corrected chi connectivity index (χ2v) is 3.56. The van der Waals surface area contributed by atoms with E-state index in [4.69, 9.17) is 11.0 Å². The molecule has 0 radical (unpaired) electrons. The lowest BCUT2D eigenvalue weighted by Gasteiger charge is -2.15. The first-order chi connectivity index (χ1) is 7.59. The number of carbonyl (C=O) groups excluding carboxylic acids is 1. The van der Waals surface area contributed by atoms with Gasteiger partial charge in [0.05, 0.1) is 11.4 Å². The van der Waals surface area contributed by atoms with Gasteiger partial charge in [-0.05, 0) is 19.1 Å². The molecule has 0 saturated carbocycles. The average molecular weight is 214 g/mol. The first-order valence-electron chi connectivity index (χ1n) is 4.75. The summed E-state index contributed by atoms with van der Waals surface area (Å²) in [6, 6.07) is 10.7. The summed E-state index contributed by atoms with van der Waals surface area (Å²) in [5.74, 6) is -0.515. The van der Waals surface area contributed by atoms with Gasteiger partial charge >= 0.3 is 0 Å². The summed E-state index contributed by atoms with van der Waals surface area (Å²) in [5.41, 5.74) is 4.98. The molecule has 2 rings (SSSR count). The molecule has 80 valence electrons. The van der Waals surface area contributed by atoms with Gasteiger partial charge in [-0.2, -0.15) is 15.4 Å². The standard InChI is InChI=1S/C11H10N4O/c1-8-11(13,7-12)10(16)15(14-8)9-5-3-2-4-6-9/h2-6H,13H2,1H3/t11-/m1/s1. The number of hydrazone groups is 1. The van der Waals surface area contributed by atoms with Crippen molar-refractivity contribution in [2.75, 3.05) is 5.01 Å². The Hall–Kier alpha value is -2.19. The van der Waals surface area contributed by atoms with Crippen molar-refractivity contribution in [2.24, 2.45) is 10.8 Å². The van der Waals surface area contributed by atoms with Crippen LogP contribution in [-0.2, 0) is 4.79 Å². The molecule has 0 bridgehead atoms. The van der Waals surface area contributed by atoms with Crippen LogP contribution in [0.1, 0.15) is 6.92 Å². The van der Waals surface area contributed by atoms with E-state index >= 15 is 0 Å². The molecule has 1 aromatic rings. The normalized spacial score (nSPS) is 24.2. The molecule has 1 aliphatic heterocycles. The molecular weight excluding hydrogens is 204 g/mol. The molecular formula is C11H10N4O. The predicted molar refractivity (Wildman–Crippen MR) is 59.6 cm³/mol. The van der Waals surface area contributed by atoms with E-state index < -0.39 is 11.4 Å². The molecule has 0 saturated heterocycles. The Bertz CT molecular complexity index is 502. The number of para-hydroxylation sites is 1. The minimum Gasteiger partial charge on any atom is -0.301 e. The average Bonchev–Trinajstić information content (AvgIpc) is 2.55. The highest BCUT2D eigenvalue weighted by Crippen LogP contribution is 2.24. The van der Waals surface area contributed by atoms with E-state index in [0.717, 1.165) is 0 Å². The van der Waals surface area contributed by atoms with E-state index in [1.54, 1.807) is 37.3 Å². The van der Waals surface area contributed by atoms with Crippen molar-refractivity contribution in [3.8, 4) is 6.07 Å². The highest BCUT2D eigenvalue weighted by molar-refractivity contribution is 6.24. The third-order valence-electron chi connectivity index (χ3n) is 2.53. The molecule has 1 atom stereocenters. The number of amides is 1. The number of benzene rings is 1. The largest absolute Gasteiger partial charge is 0.301 e. The molecule has 1 aromatic carbocycles. The Morgan fingerprint density at radius 1 is 1.44 bits per heavy atom. The number of carbonyl (C=O) groups is 1. The lowest BCUT2D eigenvalue weighted by molar-refractivity contribution is -0.119. The van der Waals surface area contributed by atoms with Crippen molar-refractivity contribution >= 4 is 17.3 Å². The minimum atomic E-state index is -1.63. The van der Waals surface area contributed by atoms with Crippen LogP contribution in [0.4, 0.5) is 5.69 Å². The Kier molecular flexibility index (Phi) is 2.22. The number of hydrogen-bond donors (Lipinski definition) is 1. The summed E-state index contributed by atoms with van der Waals surface area (Å²) in [5, 5.41) is 14.1. The van der Waals surface area contributed by atoms with E-state index in [-0.39, 0.29) is 0 Å². The predicted octanol–water partition coefficient (Wildman–Crippen LogP) is 0.630. The van der Waals surface area contributed by atoms with E-state index in [1.807, 2.05) is 6.07 Å². The summed E-state index contributed by atoms with van der Waals surface area (Å²) < 4.78 is 0. The van der Waals surface area contributed by atoms with Gasteiger partial charge in [0.1, 0.15) is 6.07 Å². The van der Waals surface area contributed by atoms with Crippen LogP contribution in [0.25, 0.3) is 0 Å². The second-order valence-electron chi connectivity index (χ2n) is 3.56. The van der Waals surface area contributed by atoms with Gasteiger partial charge in [-0.3, -0.25) is 4.79 Å². The van der Waals surface area contributed by atoms with Crippen LogP contribution in [0.3, 0.4) is 0 Å². The van der Waals surface area contributed by atoms with Crippen molar-refractivity contribution in [1.29, 1.82) is 5.26 Å². The molecule has 0 fully saturated rings. The highest BCUT2D eigenvalue weighted by atomic mass is 16.2. The second kappa shape index (κ2) is 3.43. The molecule has 0 aliphatic carbocycles. The fourth-order valence-corrected chi connectivity index (χ4v) is 1.47. The zero-order valence-electron chi connectivity index (χ0n) is 8.71. The maximum Gasteiger partial charge on any atom is 0.288 e. The third-order valence-corrected chi connectivity index (χ3v) is 2.53. The van der Waals surface area contributed by atoms with Crippen LogP contribution in [-0.4, -0.2) is 17.2 Å². The molecule has 1 heterocycles. The maximum absolute atomic E-state index is 11.9. The molecule has 1 amide bonds. The molecule has 0 aromatic heterocycles. The molecule has 5 nitrogen and oxygen atoms in total. The van der Waals surface area contributed by atoms with Crippen LogP contribution < -0.4 is 10.7 Å². The first-order valence-corrected chi connectivity index (χ1v) is 4.75. The molecule has 0 spiro atoms. The summed E-state index contributed by atoms with van der Waals surface area (Å²) in [6.45, 7) is 1.57. The van der Waals surface area contributed by atoms with E-state index in [1.165, 1.54) is 5.01 Å². The lowest BCUT2D eigenvalue weighted by Crippen LogP contribution is -2.52. The monoisotopic (exact) mass is 214 g/mol. The van der Waals surface area contributed by atoms with Crippen LogP contribution in [0.15, 0.2) is 35.4 Å². The summed E-state index contributed by atoms with van der Waals surface area (Å²) in [7, 11) is 0. The fourth-order valence-electron chi connectivity index (χ4n) is 1.47. The van der Waals surface area contributed by atoms with E-state index in [2.05, 4.69) is 5.10 Å². The number of nitrogens with two attached hydrogens (primary N) is 1. The molecule has 5 heteroatoms. The first kappa shape index (κ1) is 10.3. The molecule has 2 N–H and O–H groups in total. The van der Waals surface area contributed by atoms with Crippen molar-refractivity contribution in [1.82, 2.24) is 0 Å².